The standard InChI is InChI=1S/C18H28N2O2/c1-15-4-3-10-20(13-15)14-17-7-5-16(6-8-17)12-19-18(21)9-11-22-2/h5-8,15H,3-4,9-14H2,1-2H3,(H,19,21). The molecule has 4 nitrogen and oxygen atoms in total. The minimum Gasteiger partial charge on any atom is -0.384 e. The Morgan fingerprint density at radius 1 is 1.32 bits per heavy atom. The Hall–Kier alpha value is -1.39. The minimum atomic E-state index is 0.0354. The van der Waals surface area contributed by atoms with Gasteiger partial charge >= 0.3 is 0 Å². The van der Waals surface area contributed by atoms with Crippen LogP contribution < -0.4 is 5.32 Å². The molecule has 1 fully saturated rings. The second kappa shape index (κ2) is 8.91. The SMILES string of the molecule is COCCC(=O)NCc1ccc(CN2CCCC(C)C2)cc1. The average molecular weight is 304 g/mol. The van der Waals surface area contributed by atoms with E-state index in [2.05, 4.69) is 41.4 Å². The summed E-state index contributed by atoms with van der Waals surface area (Å²) in [6.45, 7) is 6.84. The lowest BCUT2D eigenvalue weighted by molar-refractivity contribution is -0.122. The van der Waals surface area contributed by atoms with Crippen LogP contribution in [0.1, 0.15) is 37.3 Å². The van der Waals surface area contributed by atoms with E-state index in [-0.39, 0.29) is 5.91 Å². The normalized spacial score (nSPS) is 19.1. The van der Waals surface area contributed by atoms with Crippen molar-refractivity contribution >= 4 is 5.91 Å². The fourth-order valence-electron chi connectivity index (χ4n) is 2.93. The first kappa shape index (κ1) is 17.0. The van der Waals surface area contributed by atoms with E-state index < -0.39 is 0 Å². The Labute approximate surface area is 133 Å². The largest absolute Gasteiger partial charge is 0.384 e. The van der Waals surface area contributed by atoms with Gasteiger partial charge in [-0.15, -0.1) is 0 Å². The maximum Gasteiger partial charge on any atom is 0.222 e. The van der Waals surface area contributed by atoms with Gasteiger partial charge in [-0.1, -0.05) is 31.2 Å². The number of amides is 1. The second-order valence-corrected chi connectivity index (χ2v) is 6.32. The highest BCUT2D eigenvalue weighted by molar-refractivity contribution is 5.75. The van der Waals surface area contributed by atoms with Gasteiger partial charge in [0.05, 0.1) is 6.61 Å². The zero-order chi connectivity index (χ0) is 15.8. The summed E-state index contributed by atoms with van der Waals surface area (Å²) >= 11 is 0. The third-order valence-corrected chi connectivity index (χ3v) is 4.19. The van der Waals surface area contributed by atoms with Crippen LogP contribution in [0.5, 0.6) is 0 Å². The van der Waals surface area contributed by atoms with E-state index in [1.807, 2.05) is 0 Å². The van der Waals surface area contributed by atoms with E-state index in [9.17, 15) is 4.79 Å². The van der Waals surface area contributed by atoms with Crippen LogP contribution in [-0.4, -0.2) is 37.6 Å². The maximum atomic E-state index is 11.5. The van der Waals surface area contributed by atoms with Gasteiger partial charge in [-0.25, -0.2) is 0 Å². The van der Waals surface area contributed by atoms with Gasteiger partial charge in [0, 0.05) is 33.2 Å². The highest BCUT2D eigenvalue weighted by atomic mass is 16.5. The lowest BCUT2D eigenvalue weighted by Crippen LogP contribution is -2.33. The Morgan fingerprint density at radius 3 is 2.73 bits per heavy atom. The molecular formula is C18H28N2O2. The van der Waals surface area contributed by atoms with Crippen molar-refractivity contribution in [3.05, 3.63) is 35.4 Å². The molecule has 1 amide bonds. The number of carbonyl (C=O) groups excluding carboxylic acids is 1. The van der Waals surface area contributed by atoms with Gasteiger partial charge in [0.2, 0.25) is 5.91 Å². The smallest absolute Gasteiger partial charge is 0.222 e. The van der Waals surface area contributed by atoms with Crippen LogP contribution in [0.15, 0.2) is 24.3 Å². The van der Waals surface area contributed by atoms with Crippen molar-refractivity contribution in [2.45, 2.75) is 39.3 Å². The molecule has 122 valence electrons. The van der Waals surface area contributed by atoms with Crippen molar-refractivity contribution in [3.63, 3.8) is 0 Å². The number of nitrogens with one attached hydrogen (secondary N) is 1. The molecule has 1 aromatic carbocycles. The molecule has 0 aromatic heterocycles. The molecule has 4 heteroatoms. The number of piperidine rings is 1. The topological polar surface area (TPSA) is 41.6 Å². The molecule has 1 N–H and O–H groups in total. The number of methoxy groups -OCH3 is 1. The quantitative estimate of drug-likeness (QED) is 0.842. The van der Waals surface area contributed by atoms with Gasteiger partial charge in [-0.05, 0) is 36.4 Å². The first-order chi connectivity index (χ1) is 10.7. The van der Waals surface area contributed by atoms with E-state index in [4.69, 9.17) is 4.74 Å². The fourth-order valence-corrected chi connectivity index (χ4v) is 2.93. The van der Waals surface area contributed by atoms with Crippen molar-refractivity contribution in [1.82, 2.24) is 10.2 Å². The third kappa shape index (κ3) is 5.78. The zero-order valence-electron chi connectivity index (χ0n) is 13.8. The summed E-state index contributed by atoms with van der Waals surface area (Å²) in [6.07, 6.45) is 3.09. The fraction of sp³-hybridized carbons (Fsp3) is 0.611. The maximum absolute atomic E-state index is 11.5. The van der Waals surface area contributed by atoms with E-state index in [0.29, 0.717) is 19.6 Å². The Morgan fingerprint density at radius 2 is 2.05 bits per heavy atom. The van der Waals surface area contributed by atoms with E-state index in [0.717, 1.165) is 18.0 Å². The molecule has 1 aliphatic heterocycles. The van der Waals surface area contributed by atoms with E-state index >= 15 is 0 Å². The van der Waals surface area contributed by atoms with Crippen molar-refractivity contribution in [1.29, 1.82) is 0 Å². The number of benzene rings is 1. The zero-order valence-corrected chi connectivity index (χ0v) is 13.8. The molecule has 1 heterocycles. The molecule has 0 bridgehead atoms. The van der Waals surface area contributed by atoms with Crippen molar-refractivity contribution in [2.75, 3.05) is 26.8 Å². The van der Waals surface area contributed by atoms with Crippen LogP contribution in [0.2, 0.25) is 0 Å². The Balaban J connectivity index is 1.76. The summed E-state index contributed by atoms with van der Waals surface area (Å²) in [6, 6.07) is 8.57. The van der Waals surface area contributed by atoms with E-state index in [1.54, 1.807) is 7.11 Å². The summed E-state index contributed by atoms with van der Waals surface area (Å²) in [5.41, 5.74) is 2.49. The molecule has 1 saturated heterocycles. The van der Waals surface area contributed by atoms with Crippen molar-refractivity contribution < 1.29 is 9.53 Å². The molecule has 1 aromatic rings. The first-order valence-corrected chi connectivity index (χ1v) is 8.23. The molecule has 2 rings (SSSR count). The summed E-state index contributed by atoms with van der Waals surface area (Å²) in [5.74, 6) is 0.851. The van der Waals surface area contributed by atoms with Crippen LogP contribution in [0.25, 0.3) is 0 Å². The number of hydrogen-bond acceptors (Lipinski definition) is 3. The number of ether oxygens (including phenoxy) is 1. The van der Waals surface area contributed by atoms with Crippen molar-refractivity contribution in [3.8, 4) is 0 Å². The third-order valence-electron chi connectivity index (χ3n) is 4.19. The highest BCUT2D eigenvalue weighted by Crippen LogP contribution is 2.18. The molecule has 1 unspecified atom stereocenters. The molecule has 22 heavy (non-hydrogen) atoms. The molecule has 1 aliphatic rings. The van der Waals surface area contributed by atoms with Gasteiger partial charge in [-0.3, -0.25) is 9.69 Å². The molecule has 0 radical (unpaired) electrons. The molecule has 0 spiro atoms. The molecule has 1 atom stereocenters. The van der Waals surface area contributed by atoms with Crippen LogP contribution in [0, 0.1) is 5.92 Å². The van der Waals surface area contributed by atoms with E-state index in [1.165, 1.54) is 31.5 Å². The molecular weight excluding hydrogens is 276 g/mol. The van der Waals surface area contributed by atoms with Crippen LogP contribution in [-0.2, 0) is 22.6 Å². The summed E-state index contributed by atoms with van der Waals surface area (Å²) in [5, 5.41) is 2.91. The summed E-state index contributed by atoms with van der Waals surface area (Å²) < 4.78 is 4.89. The van der Waals surface area contributed by atoms with Gasteiger partial charge in [0.1, 0.15) is 0 Å². The van der Waals surface area contributed by atoms with Crippen LogP contribution in [0.3, 0.4) is 0 Å². The lowest BCUT2D eigenvalue weighted by atomic mass is 9.99. The lowest BCUT2D eigenvalue weighted by Gasteiger charge is -2.30. The average Bonchev–Trinajstić information content (AvgIpc) is 2.52. The van der Waals surface area contributed by atoms with Crippen LogP contribution >= 0.6 is 0 Å². The monoisotopic (exact) mass is 304 g/mol. The van der Waals surface area contributed by atoms with Gasteiger partial charge in [-0.2, -0.15) is 0 Å². The summed E-state index contributed by atoms with van der Waals surface area (Å²) in [7, 11) is 1.61. The number of likely N-dealkylation sites (tertiary alicyclic amines) is 1. The minimum absolute atomic E-state index is 0.0354. The molecule has 0 saturated carbocycles. The number of hydrogen-bond donors (Lipinski definition) is 1. The van der Waals surface area contributed by atoms with Crippen LogP contribution in [0.4, 0.5) is 0 Å². The number of nitrogens with zero attached hydrogens (tertiary/aromatic N) is 1. The van der Waals surface area contributed by atoms with Gasteiger partial charge in [0.15, 0.2) is 0 Å². The number of rotatable bonds is 7. The Kier molecular flexibility index (Phi) is 6.87. The molecule has 0 aliphatic carbocycles. The predicted octanol–water partition coefficient (Wildman–Crippen LogP) is 2.57. The first-order valence-electron chi connectivity index (χ1n) is 8.23. The second-order valence-electron chi connectivity index (χ2n) is 6.32. The van der Waals surface area contributed by atoms with Crippen molar-refractivity contribution in [2.24, 2.45) is 5.92 Å². The van der Waals surface area contributed by atoms with Gasteiger partial charge in [0.25, 0.3) is 0 Å². The number of carbonyl (C=O) groups is 1. The Bertz CT molecular complexity index is 459. The predicted molar refractivity (Wildman–Crippen MR) is 88.5 cm³/mol. The highest BCUT2D eigenvalue weighted by Gasteiger charge is 2.16. The van der Waals surface area contributed by atoms with Gasteiger partial charge < -0.3 is 10.1 Å². The summed E-state index contributed by atoms with van der Waals surface area (Å²) in [4.78, 5) is 14.1.